The Balaban J connectivity index is 1.13. The Bertz CT molecular complexity index is 1420. The van der Waals surface area contributed by atoms with Crippen LogP contribution >= 0.6 is 0 Å². The number of nitrogens with zero attached hydrogens (tertiary/aromatic N) is 4. The van der Waals surface area contributed by atoms with Gasteiger partial charge in [0.1, 0.15) is 18.6 Å². The Morgan fingerprint density at radius 2 is 1.59 bits per heavy atom. The molecular formula is C31H30N4O4. The van der Waals surface area contributed by atoms with Gasteiger partial charge in [0, 0.05) is 26.2 Å². The van der Waals surface area contributed by atoms with Crippen LogP contribution in [0, 0.1) is 6.92 Å². The number of aryl methyl sites for hydroxylation is 1. The van der Waals surface area contributed by atoms with Crippen LogP contribution in [0.2, 0.25) is 0 Å². The molecule has 8 heteroatoms. The van der Waals surface area contributed by atoms with E-state index < -0.39 is 0 Å². The van der Waals surface area contributed by atoms with Gasteiger partial charge in [0.05, 0.1) is 11.7 Å². The molecule has 0 N–H and O–H groups in total. The number of fused-ring (bicyclic) bond motifs is 1. The van der Waals surface area contributed by atoms with Crippen LogP contribution in [0.3, 0.4) is 0 Å². The highest BCUT2D eigenvalue weighted by Crippen LogP contribution is 2.34. The fourth-order valence-corrected chi connectivity index (χ4v) is 5.33. The molecule has 0 aliphatic carbocycles. The molecule has 0 spiro atoms. The maximum absolute atomic E-state index is 13.3. The largest absolute Gasteiger partial charge is 0.482 e. The maximum Gasteiger partial charge on any atom is 0.275 e. The van der Waals surface area contributed by atoms with Crippen LogP contribution in [0.5, 0.6) is 5.75 Å². The molecule has 39 heavy (non-hydrogen) atoms. The van der Waals surface area contributed by atoms with E-state index in [2.05, 4.69) is 58.4 Å². The van der Waals surface area contributed by atoms with Gasteiger partial charge < -0.3 is 14.1 Å². The normalized spacial score (nSPS) is 15.8. The zero-order valence-electron chi connectivity index (χ0n) is 21.8. The van der Waals surface area contributed by atoms with Crippen molar-refractivity contribution in [1.82, 2.24) is 14.8 Å². The fraction of sp³-hybridized carbons (Fsp3) is 0.258. The van der Waals surface area contributed by atoms with Crippen LogP contribution in [0.15, 0.2) is 89.5 Å². The van der Waals surface area contributed by atoms with Crippen molar-refractivity contribution in [1.29, 1.82) is 0 Å². The monoisotopic (exact) mass is 522 g/mol. The van der Waals surface area contributed by atoms with Crippen molar-refractivity contribution in [3.05, 3.63) is 113 Å². The summed E-state index contributed by atoms with van der Waals surface area (Å²) in [6, 6.07) is 26.8. The summed E-state index contributed by atoms with van der Waals surface area (Å²) in [4.78, 5) is 36.2. The molecule has 1 aromatic heterocycles. The first-order chi connectivity index (χ1) is 19.1. The molecule has 3 heterocycles. The van der Waals surface area contributed by atoms with E-state index in [4.69, 9.17) is 9.15 Å². The second kappa shape index (κ2) is 10.7. The van der Waals surface area contributed by atoms with E-state index >= 15 is 0 Å². The zero-order chi connectivity index (χ0) is 26.8. The summed E-state index contributed by atoms with van der Waals surface area (Å²) in [5.41, 5.74) is 4.42. The number of carbonyl (C=O) groups excluding carboxylic acids is 2. The number of piperazine rings is 1. The Hall–Kier alpha value is -4.43. The van der Waals surface area contributed by atoms with Crippen LogP contribution in [0.1, 0.15) is 39.1 Å². The number of amides is 2. The lowest BCUT2D eigenvalue weighted by atomic mass is 9.96. The second-order valence-electron chi connectivity index (χ2n) is 9.92. The molecule has 0 bridgehead atoms. The number of hydrogen-bond acceptors (Lipinski definition) is 6. The first kappa shape index (κ1) is 24.9. The van der Waals surface area contributed by atoms with Crippen molar-refractivity contribution < 1.29 is 18.7 Å². The quantitative estimate of drug-likeness (QED) is 0.372. The third kappa shape index (κ3) is 5.15. The molecule has 0 unspecified atom stereocenters. The van der Waals surface area contributed by atoms with Crippen molar-refractivity contribution in [2.24, 2.45) is 0 Å². The summed E-state index contributed by atoms with van der Waals surface area (Å²) < 4.78 is 11.2. The molecule has 2 aliphatic heterocycles. The van der Waals surface area contributed by atoms with Crippen LogP contribution in [0.4, 0.5) is 5.69 Å². The number of benzene rings is 3. The Morgan fingerprint density at radius 1 is 0.923 bits per heavy atom. The van der Waals surface area contributed by atoms with Gasteiger partial charge in [-0.15, -0.1) is 0 Å². The lowest BCUT2D eigenvalue weighted by Gasteiger charge is -2.39. The topological polar surface area (TPSA) is 79.1 Å². The van der Waals surface area contributed by atoms with E-state index in [9.17, 15) is 9.59 Å². The molecule has 0 atom stereocenters. The van der Waals surface area contributed by atoms with Gasteiger partial charge in [0.15, 0.2) is 12.3 Å². The van der Waals surface area contributed by atoms with Crippen molar-refractivity contribution in [2.45, 2.75) is 19.5 Å². The standard InChI is InChI=1S/C31H30N4O4/c1-22-12-13-27-26(18-22)35(29(36)21-38-27)19-28-32-25(20-39-28)31(37)34-16-14-33(15-17-34)30(23-8-4-2-5-9-23)24-10-6-3-7-11-24/h2-13,18,20,30H,14-17,19,21H2,1H3. The molecule has 0 saturated carbocycles. The molecule has 198 valence electrons. The highest BCUT2D eigenvalue weighted by Gasteiger charge is 2.31. The van der Waals surface area contributed by atoms with E-state index in [1.165, 1.54) is 17.4 Å². The molecule has 8 nitrogen and oxygen atoms in total. The molecule has 4 aromatic rings. The summed E-state index contributed by atoms with van der Waals surface area (Å²) in [7, 11) is 0. The molecule has 6 rings (SSSR count). The predicted molar refractivity (Wildman–Crippen MR) is 147 cm³/mol. The molecule has 0 radical (unpaired) electrons. The highest BCUT2D eigenvalue weighted by molar-refractivity contribution is 5.97. The third-order valence-electron chi connectivity index (χ3n) is 7.32. The fourth-order valence-electron chi connectivity index (χ4n) is 5.33. The number of aromatic nitrogens is 1. The van der Waals surface area contributed by atoms with Crippen molar-refractivity contribution in [3.63, 3.8) is 0 Å². The summed E-state index contributed by atoms with van der Waals surface area (Å²) in [6.07, 6.45) is 1.39. The lowest BCUT2D eigenvalue weighted by Crippen LogP contribution is -2.50. The Kier molecular flexibility index (Phi) is 6.85. The van der Waals surface area contributed by atoms with E-state index in [0.29, 0.717) is 30.4 Å². The minimum Gasteiger partial charge on any atom is -0.482 e. The lowest BCUT2D eigenvalue weighted by molar-refractivity contribution is -0.121. The minimum atomic E-state index is -0.179. The SMILES string of the molecule is Cc1ccc2c(c1)N(Cc1nc(C(=O)N3CCN(C(c4ccccc4)c4ccccc4)CC3)co1)C(=O)CO2. The first-order valence-electron chi connectivity index (χ1n) is 13.2. The van der Waals surface area contributed by atoms with E-state index in [-0.39, 0.29) is 36.7 Å². The van der Waals surface area contributed by atoms with Crippen molar-refractivity contribution in [2.75, 3.05) is 37.7 Å². The average Bonchev–Trinajstić information content (AvgIpc) is 3.45. The molecular weight excluding hydrogens is 492 g/mol. The predicted octanol–water partition coefficient (Wildman–Crippen LogP) is 4.46. The molecule has 1 fully saturated rings. The summed E-state index contributed by atoms with van der Waals surface area (Å²) in [6.45, 7) is 4.71. The number of carbonyl (C=O) groups is 2. The van der Waals surface area contributed by atoms with Gasteiger partial charge in [-0.25, -0.2) is 4.98 Å². The van der Waals surface area contributed by atoms with Crippen LogP contribution in [-0.4, -0.2) is 59.4 Å². The number of anilines is 1. The summed E-state index contributed by atoms with van der Waals surface area (Å²) in [5.74, 6) is 0.616. The second-order valence-corrected chi connectivity index (χ2v) is 9.92. The zero-order valence-corrected chi connectivity index (χ0v) is 21.8. The van der Waals surface area contributed by atoms with Crippen LogP contribution in [-0.2, 0) is 11.3 Å². The summed E-state index contributed by atoms with van der Waals surface area (Å²) in [5, 5.41) is 0. The van der Waals surface area contributed by atoms with Crippen molar-refractivity contribution >= 4 is 17.5 Å². The minimum absolute atomic E-state index is 0.0419. The number of ether oxygens (including phenoxy) is 1. The van der Waals surface area contributed by atoms with Gasteiger partial charge in [0.25, 0.3) is 11.8 Å². The molecule has 3 aromatic carbocycles. The van der Waals surface area contributed by atoms with Crippen molar-refractivity contribution in [3.8, 4) is 5.75 Å². The maximum atomic E-state index is 13.3. The van der Waals surface area contributed by atoms with Gasteiger partial charge in [0.2, 0.25) is 5.89 Å². The van der Waals surface area contributed by atoms with Gasteiger partial charge >= 0.3 is 0 Å². The van der Waals surface area contributed by atoms with Gasteiger partial charge in [-0.2, -0.15) is 0 Å². The van der Waals surface area contributed by atoms with Crippen LogP contribution < -0.4 is 9.64 Å². The molecule has 2 aliphatic rings. The van der Waals surface area contributed by atoms with E-state index in [1.807, 2.05) is 42.2 Å². The van der Waals surface area contributed by atoms with Gasteiger partial charge in [-0.1, -0.05) is 66.7 Å². The molecule has 2 amide bonds. The molecule has 1 saturated heterocycles. The number of hydrogen-bond donors (Lipinski definition) is 0. The average molecular weight is 523 g/mol. The van der Waals surface area contributed by atoms with Gasteiger partial charge in [-0.05, 0) is 35.7 Å². The van der Waals surface area contributed by atoms with Gasteiger partial charge in [-0.3, -0.25) is 19.4 Å². The number of rotatable bonds is 6. The van der Waals surface area contributed by atoms with E-state index in [0.717, 1.165) is 18.7 Å². The smallest absolute Gasteiger partial charge is 0.275 e. The summed E-state index contributed by atoms with van der Waals surface area (Å²) >= 11 is 0. The van der Waals surface area contributed by atoms with E-state index in [1.54, 1.807) is 4.90 Å². The number of oxazole rings is 1. The third-order valence-corrected chi connectivity index (χ3v) is 7.32. The Morgan fingerprint density at radius 3 is 2.26 bits per heavy atom. The first-order valence-corrected chi connectivity index (χ1v) is 13.2. The Labute approximate surface area is 227 Å². The van der Waals surface area contributed by atoms with Crippen LogP contribution in [0.25, 0.3) is 0 Å². The highest BCUT2D eigenvalue weighted by atomic mass is 16.5.